The smallest absolute Gasteiger partial charge is 0.325 e. The van der Waals surface area contributed by atoms with E-state index in [1.165, 1.54) is 12.1 Å². The van der Waals surface area contributed by atoms with Crippen molar-refractivity contribution in [2.75, 3.05) is 49.5 Å². The minimum Gasteiger partial charge on any atom is -0.325 e. The van der Waals surface area contributed by atoms with Gasteiger partial charge in [0.1, 0.15) is 0 Å². The van der Waals surface area contributed by atoms with Crippen molar-refractivity contribution >= 4 is 23.2 Å². The van der Waals surface area contributed by atoms with Crippen molar-refractivity contribution in [3.8, 4) is 0 Å². The zero-order valence-corrected chi connectivity index (χ0v) is 18.3. The zero-order valence-electron chi connectivity index (χ0n) is 18.3. The van der Waals surface area contributed by atoms with E-state index in [9.17, 15) is 22.8 Å². The van der Waals surface area contributed by atoms with E-state index in [2.05, 4.69) is 10.2 Å². The molecular weight excluding hydrogens is 433 g/mol. The fourth-order valence-corrected chi connectivity index (χ4v) is 4.26. The molecule has 0 radical (unpaired) electrons. The molecule has 6 nitrogen and oxygen atoms in total. The van der Waals surface area contributed by atoms with Crippen LogP contribution in [0.25, 0.3) is 0 Å². The van der Waals surface area contributed by atoms with Crippen LogP contribution >= 0.6 is 0 Å². The molecule has 2 heterocycles. The highest BCUT2D eigenvalue weighted by Gasteiger charge is 2.30. The lowest BCUT2D eigenvalue weighted by molar-refractivity contribution is -0.137. The Hall–Kier alpha value is -2.91. The molecule has 1 N–H and O–H groups in total. The Balaban J connectivity index is 1.22. The van der Waals surface area contributed by atoms with E-state index in [0.717, 1.165) is 24.7 Å². The second kappa shape index (κ2) is 9.93. The normalized spacial score (nSPS) is 18.0. The minimum absolute atomic E-state index is 0.119. The molecule has 9 heteroatoms. The minimum atomic E-state index is -4.34. The highest BCUT2D eigenvalue weighted by Crippen LogP contribution is 2.30. The van der Waals surface area contributed by atoms with Gasteiger partial charge in [-0.15, -0.1) is 0 Å². The molecule has 2 saturated heterocycles. The lowest BCUT2D eigenvalue weighted by Gasteiger charge is -2.34. The summed E-state index contributed by atoms with van der Waals surface area (Å²) in [5, 5.41) is 2.89. The van der Waals surface area contributed by atoms with Crippen molar-refractivity contribution < 1.29 is 22.8 Å². The van der Waals surface area contributed by atoms with E-state index in [4.69, 9.17) is 0 Å². The summed E-state index contributed by atoms with van der Waals surface area (Å²) in [6, 6.07) is 12.7. The predicted octanol–water partition coefficient (Wildman–Crippen LogP) is 3.59. The topological polar surface area (TPSA) is 55.9 Å². The SMILES string of the molecule is O=C(CN1CCN(Cc2cccc(C(F)(F)F)c2)CC1)Nc1ccc(N2CCCC2=O)cc1. The summed E-state index contributed by atoms with van der Waals surface area (Å²) in [4.78, 5) is 30.2. The van der Waals surface area contributed by atoms with Gasteiger partial charge in [-0.2, -0.15) is 13.2 Å². The quantitative estimate of drug-likeness (QED) is 0.716. The average Bonchev–Trinajstić information content (AvgIpc) is 3.21. The molecule has 0 atom stereocenters. The van der Waals surface area contributed by atoms with Crippen molar-refractivity contribution in [1.29, 1.82) is 0 Å². The summed E-state index contributed by atoms with van der Waals surface area (Å²) in [6.07, 6.45) is -2.90. The van der Waals surface area contributed by atoms with Gasteiger partial charge < -0.3 is 10.2 Å². The largest absolute Gasteiger partial charge is 0.416 e. The van der Waals surface area contributed by atoms with Crippen LogP contribution in [0.3, 0.4) is 0 Å². The highest BCUT2D eigenvalue weighted by atomic mass is 19.4. The summed E-state index contributed by atoms with van der Waals surface area (Å²) in [5.41, 5.74) is 1.52. The number of nitrogens with one attached hydrogen (secondary N) is 1. The molecule has 0 saturated carbocycles. The van der Waals surface area contributed by atoms with Crippen LogP contribution in [0.4, 0.5) is 24.5 Å². The molecule has 2 aromatic carbocycles. The third-order valence-electron chi connectivity index (χ3n) is 6.03. The van der Waals surface area contributed by atoms with Gasteiger partial charge in [0, 0.05) is 57.1 Å². The molecule has 176 valence electrons. The maximum absolute atomic E-state index is 12.9. The molecule has 2 amide bonds. The van der Waals surface area contributed by atoms with Gasteiger partial charge in [-0.05, 0) is 42.3 Å². The molecule has 2 aromatic rings. The molecule has 0 aliphatic carbocycles. The number of carbonyl (C=O) groups excluding carboxylic acids is 2. The van der Waals surface area contributed by atoms with Crippen LogP contribution < -0.4 is 10.2 Å². The van der Waals surface area contributed by atoms with Gasteiger partial charge in [0.25, 0.3) is 0 Å². The molecule has 0 aromatic heterocycles. The monoisotopic (exact) mass is 460 g/mol. The third kappa shape index (κ3) is 6.11. The molecule has 2 aliphatic rings. The van der Waals surface area contributed by atoms with Gasteiger partial charge >= 0.3 is 6.18 Å². The van der Waals surface area contributed by atoms with Crippen LogP contribution in [0.2, 0.25) is 0 Å². The number of piperazine rings is 1. The molecule has 2 aliphatic heterocycles. The Morgan fingerprint density at radius 1 is 0.939 bits per heavy atom. The van der Waals surface area contributed by atoms with E-state index < -0.39 is 11.7 Å². The first-order valence-electron chi connectivity index (χ1n) is 11.1. The van der Waals surface area contributed by atoms with Crippen LogP contribution in [-0.4, -0.2) is 60.9 Å². The van der Waals surface area contributed by atoms with Crippen molar-refractivity contribution in [1.82, 2.24) is 9.80 Å². The van der Waals surface area contributed by atoms with Crippen LogP contribution in [0, 0.1) is 0 Å². The molecule has 0 spiro atoms. The van der Waals surface area contributed by atoms with Crippen LogP contribution in [0.1, 0.15) is 24.0 Å². The fourth-order valence-electron chi connectivity index (χ4n) is 4.26. The fraction of sp³-hybridized carbons (Fsp3) is 0.417. The van der Waals surface area contributed by atoms with Gasteiger partial charge in [-0.25, -0.2) is 0 Å². The number of hydrogen-bond acceptors (Lipinski definition) is 4. The van der Waals surface area contributed by atoms with E-state index in [0.29, 0.717) is 50.4 Å². The second-order valence-electron chi connectivity index (χ2n) is 8.49. The molecule has 0 bridgehead atoms. The Morgan fingerprint density at radius 3 is 2.27 bits per heavy atom. The maximum Gasteiger partial charge on any atom is 0.416 e. The number of carbonyl (C=O) groups is 2. The Bertz CT molecular complexity index is 986. The van der Waals surface area contributed by atoms with E-state index in [1.807, 2.05) is 17.0 Å². The first kappa shape index (κ1) is 23.3. The van der Waals surface area contributed by atoms with Crippen molar-refractivity contribution in [2.45, 2.75) is 25.6 Å². The Labute approximate surface area is 191 Å². The van der Waals surface area contributed by atoms with Gasteiger partial charge in [-0.1, -0.05) is 18.2 Å². The third-order valence-corrected chi connectivity index (χ3v) is 6.03. The molecular formula is C24H27F3N4O2. The number of amides is 2. The van der Waals surface area contributed by atoms with Crippen molar-refractivity contribution in [2.24, 2.45) is 0 Å². The number of alkyl halides is 3. The summed E-state index contributed by atoms with van der Waals surface area (Å²) in [7, 11) is 0. The van der Waals surface area contributed by atoms with Crippen LogP contribution in [0.5, 0.6) is 0 Å². The van der Waals surface area contributed by atoms with E-state index in [1.54, 1.807) is 23.1 Å². The average molecular weight is 461 g/mol. The van der Waals surface area contributed by atoms with Crippen molar-refractivity contribution in [3.63, 3.8) is 0 Å². The number of hydrogen-bond donors (Lipinski definition) is 1. The van der Waals surface area contributed by atoms with Gasteiger partial charge in [-0.3, -0.25) is 19.4 Å². The highest BCUT2D eigenvalue weighted by molar-refractivity contribution is 5.96. The van der Waals surface area contributed by atoms with E-state index in [-0.39, 0.29) is 18.4 Å². The van der Waals surface area contributed by atoms with Gasteiger partial charge in [0.15, 0.2) is 0 Å². The number of anilines is 2. The zero-order chi connectivity index (χ0) is 23.4. The van der Waals surface area contributed by atoms with Gasteiger partial charge in [0.2, 0.25) is 11.8 Å². The first-order chi connectivity index (χ1) is 15.8. The lowest BCUT2D eigenvalue weighted by atomic mass is 10.1. The molecule has 2 fully saturated rings. The Kier molecular flexibility index (Phi) is 6.99. The maximum atomic E-state index is 12.9. The molecule has 33 heavy (non-hydrogen) atoms. The number of benzene rings is 2. The standard InChI is InChI=1S/C24H27F3N4O2/c25-24(26,27)19-4-1-3-18(15-19)16-29-11-13-30(14-12-29)17-22(32)28-20-6-8-21(9-7-20)31-10-2-5-23(31)33/h1,3-4,6-9,15H,2,5,10-14,16-17H2,(H,28,32). The summed E-state index contributed by atoms with van der Waals surface area (Å²) < 4.78 is 38.7. The summed E-state index contributed by atoms with van der Waals surface area (Å²) >= 11 is 0. The number of rotatable bonds is 6. The summed E-state index contributed by atoms with van der Waals surface area (Å²) in [6.45, 7) is 4.14. The number of nitrogens with zero attached hydrogens (tertiary/aromatic N) is 3. The molecule has 4 rings (SSSR count). The molecule has 0 unspecified atom stereocenters. The Morgan fingerprint density at radius 2 is 1.64 bits per heavy atom. The van der Waals surface area contributed by atoms with Crippen LogP contribution in [0.15, 0.2) is 48.5 Å². The first-order valence-corrected chi connectivity index (χ1v) is 11.1. The second-order valence-corrected chi connectivity index (χ2v) is 8.49. The van der Waals surface area contributed by atoms with E-state index >= 15 is 0 Å². The predicted molar refractivity (Wildman–Crippen MR) is 120 cm³/mol. The van der Waals surface area contributed by atoms with Gasteiger partial charge in [0.05, 0.1) is 12.1 Å². The lowest BCUT2D eigenvalue weighted by Crippen LogP contribution is -2.48. The van der Waals surface area contributed by atoms with Crippen molar-refractivity contribution in [3.05, 3.63) is 59.7 Å². The van der Waals surface area contributed by atoms with Crippen LogP contribution in [-0.2, 0) is 22.3 Å². The summed E-state index contributed by atoms with van der Waals surface area (Å²) in [5.74, 6) is 0.00492. The number of halogens is 3.